The lowest BCUT2D eigenvalue weighted by Gasteiger charge is -2.14. The quantitative estimate of drug-likeness (QED) is 0.513. The number of primary amides is 1. The Morgan fingerprint density at radius 2 is 1.93 bits per heavy atom. The van der Waals surface area contributed by atoms with Gasteiger partial charge in [0.2, 0.25) is 11.7 Å². The third kappa shape index (κ3) is 3.19. The zero-order chi connectivity index (χ0) is 20.7. The van der Waals surface area contributed by atoms with E-state index in [4.69, 9.17) is 5.73 Å². The highest BCUT2D eigenvalue weighted by Gasteiger charge is 2.22. The fraction of sp³-hybridized carbons (Fsp3) is 0.238. The molecule has 0 spiro atoms. The van der Waals surface area contributed by atoms with E-state index in [-0.39, 0.29) is 5.56 Å². The molecular formula is C21H21N5O2S. The van der Waals surface area contributed by atoms with Crippen molar-refractivity contribution in [1.82, 2.24) is 19.2 Å². The maximum atomic E-state index is 13.4. The summed E-state index contributed by atoms with van der Waals surface area (Å²) in [6.45, 7) is 5.84. The Balaban J connectivity index is 2.10. The molecule has 1 atom stereocenters. The first-order chi connectivity index (χ1) is 13.9. The van der Waals surface area contributed by atoms with Gasteiger partial charge in [0, 0.05) is 0 Å². The summed E-state index contributed by atoms with van der Waals surface area (Å²) in [4.78, 5) is 25.2. The number of thioether (sulfide) groups is 1. The normalized spacial score (nSPS) is 12.5. The van der Waals surface area contributed by atoms with Crippen LogP contribution in [-0.4, -0.2) is 30.3 Å². The largest absolute Gasteiger partial charge is 0.369 e. The van der Waals surface area contributed by atoms with Crippen LogP contribution in [0.5, 0.6) is 0 Å². The van der Waals surface area contributed by atoms with Crippen molar-refractivity contribution < 1.29 is 4.79 Å². The van der Waals surface area contributed by atoms with E-state index in [1.54, 1.807) is 10.6 Å². The molecule has 7 nitrogen and oxygen atoms in total. The van der Waals surface area contributed by atoms with Gasteiger partial charge >= 0.3 is 0 Å². The fourth-order valence-corrected chi connectivity index (χ4v) is 4.31. The summed E-state index contributed by atoms with van der Waals surface area (Å²) in [5.74, 6) is 0.00521. The van der Waals surface area contributed by atoms with Gasteiger partial charge in [0.25, 0.3) is 5.56 Å². The minimum absolute atomic E-state index is 0.160. The summed E-state index contributed by atoms with van der Waals surface area (Å²) in [6.07, 6.45) is 0.573. The number of amides is 1. The van der Waals surface area contributed by atoms with E-state index < -0.39 is 11.2 Å². The van der Waals surface area contributed by atoms with Crippen LogP contribution in [0.3, 0.4) is 0 Å². The molecule has 4 rings (SSSR count). The maximum absolute atomic E-state index is 13.4. The Morgan fingerprint density at radius 3 is 2.66 bits per heavy atom. The average molecular weight is 407 g/mol. The Morgan fingerprint density at radius 1 is 1.17 bits per heavy atom. The number of hydrogen-bond acceptors (Lipinski definition) is 5. The molecule has 2 heterocycles. The van der Waals surface area contributed by atoms with Gasteiger partial charge in [0.15, 0.2) is 5.16 Å². The molecule has 8 heteroatoms. The van der Waals surface area contributed by atoms with Crippen LogP contribution in [0, 0.1) is 13.8 Å². The number of carbonyl (C=O) groups is 1. The van der Waals surface area contributed by atoms with E-state index in [9.17, 15) is 9.59 Å². The molecular weight excluding hydrogens is 386 g/mol. The minimum Gasteiger partial charge on any atom is -0.369 e. The van der Waals surface area contributed by atoms with Crippen molar-refractivity contribution in [2.45, 2.75) is 37.6 Å². The van der Waals surface area contributed by atoms with Gasteiger partial charge in [-0.25, -0.2) is 4.57 Å². The Labute approximate surface area is 171 Å². The summed E-state index contributed by atoms with van der Waals surface area (Å²) >= 11 is 1.26. The van der Waals surface area contributed by atoms with Gasteiger partial charge in [0.1, 0.15) is 0 Å². The summed E-state index contributed by atoms with van der Waals surface area (Å²) in [6, 6.07) is 13.3. The van der Waals surface area contributed by atoms with Crippen LogP contribution in [-0.2, 0) is 4.79 Å². The standard InChI is InChI=1S/C21H21N5O2S/c1-4-17(18(22)27)29-21-24-23-20-25(16-11-12(2)9-10-13(16)3)19(28)14-7-5-6-8-15(14)26(20)21/h5-11,17H,4H2,1-3H3,(H2,22,27). The lowest BCUT2D eigenvalue weighted by Crippen LogP contribution is -2.25. The average Bonchev–Trinajstić information content (AvgIpc) is 3.12. The van der Waals surface area contributed by atoms with Crippen molar-refractivity contribution >= 4 is 34.3 Å². The van der Waals surface area contributed by atoms with Crippen molar-refractivity contribution in [1.29, 1.82) is 0 Å². The first-order valence-corrected chi connectivity index (χ1v) is 10.2. The molecule has 2 aromatic heterocycles. The van der Waals surface area contributed by atoms with Crippen LogP contribution >= 0.6 is 11.8 Å². The molecule has 2 N–H and O–H groups in total. The molecule has 148 valence electrons. The molecule has 0 saturated carbocycles. The van der Waals surface area contributed by atoms with Crippen molar-refractivity contribution in [2.75, 3.05) is 0 Å². The van der Waals surface area contributed by atoms with E-state index >= 15 is 0 Å². The molecule has 0 bridgehead atoms. The monoisotopic (exact) mass is 407 g/mol. The second-order valence-electron chi connectivity index (χ2n) is 6.98. The van der Waals surface area contributed by atoms with Gasteiger partial charge in [-0.2, -0.15) is 0 Å². The zero-order valence-electron chi connectivity index (χ0n) is 16.4. The number of hydrogen-bond donors (Lipinski definition) is 1. The third-order valence-electron chi connectivity index (χ3n) is 4.94. The lowest BCUT2D eigenvalue weighted by molar-refractivity contribution is -0.117. The number of aryl methyl sites for hydroxylation is 2. The van der Waals surface area contributed by atoms with Crippen LogP contribution in [0.1, 0.15) is 24.5 Å². The molecule has 1 unspecified atom stereocenters. The zero-order valence-corrected chi connectivity index (χ0v) is 17.2. The third-order valence-corrected chi connectivity index (χ3v) is 6.26. The van der Waals surface area contributed by atoms with Gasteiger partial charge in [-0.15, -0.1) is 10.2 Å². The first-order valence-electron chi connectivity index (χ1n) is 9.35. The predicted octanol–water partition coefficient (Wildman–Crippen LogP) is 3.01. The SMILES string of the molecule is CCC(Sc1nnc2n(-c3cc(C)ccc3C)c(=O)c3ccccc3n12)C(N)=O. The first kappa shape index (κ1) is 19.2. The van der Waals surface area contributed by atoms with Crippen LogP contribution in [0.4, 0.5) is 0 Å². The van der Waals surface area contributed by atoms with Crippen LogP contribution in [0.25, 0.3) is 22.4 Å². The molecule has 0 aliphatic carbocycles. The summed E-state index contributed by atoms with van der Waals surface area (Å²) in [7, 11) is 0. The Hall–Kier alpha value is -3.13. The number of fused-ring (bicyclic) bond motifs is 3. The summed E-state index contributed by atoms with van der Waals surface area (Å²) in [5, 5.41) is 9.28. The highest BCUT2D eigenvalue weighted by molar-refractivity contribution is 8.00. The van der Waals surface area contributed by atoms with E-state index in [1.807, 2.05) is 61.6 Å². The highest BCUT2D eigenvalue weighted by atomic mass is 32.2. The molecule has 0 aliphatic rings. The van der Waals surface area contributed by atoms with Crippen molar-refractivity contribution in [2.24, 2.45) is 5.73 Å². The van der Waals surface area contributed by atoms with Crippen LogP contribution in [0.15, 0.2) is 52.4 Å². The van der Waals surface area contributed by atoms with Gasteiger partial charge in [-0.05, 0) is 49.6 Å². The van der Waals surface area contributed by atoms with Gasteiger partial charge in [-0.1, -0.05) is 43.0 Å². The molecule has 0 radical (unpaired) electrons. The van der Waals surface area contributed by atoms with E-state index in [2.05, 4.69) is 10.2 Å². The van der Waals surface area contributed by atoms with Crippen molar-refractivity contribution in [3.63, 3.8) is 0 Å². The topological polar surface area (TPSA) is 95.3 Å². The number of nitrogens with zero attached hydrogens (tertiary/aromatic N) is 4. The number of aromatic nitrogens is 4. The van der Waals surface area contributed by atoms with Crippen LogP contribution < -0.4 is 11.3 Å². The lowest BCUT2D eigenvalue weighted by atomic mass is 10.1. The van der Waals surface area contributed by atoms with Gasteiger partial charge in [0.05, 0.1) is 21.8 Å². The second kappa shape index (κ2) is 7.36. The smallest absolute Gasteiger partial charge is 0.267 e. The van der Waals surface area contributed by atoms with E-state index in [0.717, 1.165) is 16.8 Å². The predicted molar refractivity (Wildman–Crippen MR) is 115 cm³/mol. The van der Waals surface area contributed by atoms with Crippen molar-refractivity contribution in [3.05, 3.63) is 63.9 Å². The molecule has 0 fully saturated rings. The van der Waals surface area contributed by atoms with Gasteiger partial charge < -0.3 is 5.73 Å². The number of rotatable bonds is 5. The van der Waals surface area contributed by atoms with E-state index in [1.165, 1.54) is 11.8 Å². The summed E-state index contributed by atoms with van der Waals surface area (Å²) in [5.41, 5.74) is 8.82. The number of carbonyl (C=O) groups excluding carboxylic acids is 1. The number of para-hydroxylation sites is 1. The number of benzene rings is 2. The Bertz CT molecular complexity index is 1310. The molecule has 1 amide bonds. The highest BCUT2D eigenvalue weighted by Crippen LogP contribution is 2.28. The minimum atomic E-state index is -0.428. The maximum Gasteiger partial charge on any atom is 0.267 e. The number of nitrogens with two attached hydrogens (primary N) is 1. The molecule has 0 aliphatic heterocycles. The Kier molecular flexibility index (Phi) is 4.87. The molecule has 0 saturated heterocycles. The molecule has 4 aromatic rings. The fourth-order valence-electron chi connectivity index (χ4n) is 3.40. The van der Waals surface area contributed by atoms with Crippen molar-refractivity contribution in [3.8, 4) is 5.69 Å². The molecule has 2 aromatic carbocycles. The van der Waals surface area contributed by atoms with E-state index in [0.29, 0.717) is 28.3 Å². The summed E-state index contributed by atoms with van der Waals surface area (Å²) < 4.78 is 3.42. The molecule has 29 heavy (non-hydrogen) atoms. The van der Waals surface area contributed by atoms with Gasteiger partial charge in [-0.3, -0.25) is 14.0 Å². The second-order valence-corrected chi connectivity index (χ2v) is 8.15. The van der Waals surface area contributed by atoms with Crippen LogP contribution in [0.2, 0.25) is 0 Å².